The first-order valence-corrected chi connectivity index (χ1v) is 8.10. The van der Waals surface area contributed by atoms with E-state index in [0.717, 1.165) is 5.65 Å². The zero-order valence-electron chi connectivity index (χ0n) is 10.3. The minimum atomic E-state index is -0.646. The second-order valence-electron chi connectivity index (χ2n) is 3.99. The van der Waals surface area contributed by atoms with Crippen molar-refractivity contribution >= 4 is 21.1 Å². The molecule has 0 aliphatic carbocycles. The van der Waals surface area contributed by atoms with Gasteiger partial charge >= 0.3 is 0 Å². The first-order valence-electron chi connectivity index (χ1n) is 5.96. The summed E-state index contributed by atoms with van der Waals surface area (Å²) in [5.74, 6) is 3.77. The van der Waals surface area contributed by atoms with Gasteiger partial charge in [0.1, 0.15) is 5.65 Å². The maximum absolute atomic E-state index is 4.38. The van der Waals surface area contributed by atoms with Crippen molar-refractivity contribution in [3.63, 3.8) is 0 Å². The molecule has 0 aromatic carbocycles. The number of rotatable bonds is 4. The van der Waals surface area contributed by atoms with Crippen LogP contribution < -0.4 is 0 Å². The van der Waals surface area contributed by atoms with Crippen molar-refractivity contribution in [1.29, 1.82) is 0 Å². The van der Waals surface area contributed by atoms with Crippen LogP contribution in [0.15, 0.2) is 29.4 Å². The van der Waals surface area contributed by atoms with Gasteiger partial charge in [-0.2, -0.15) is 0 Å². The van der Waals surface area contributed by atoms with E-state index in [1.54, 1.807) is 0 Å². The van der Waals surface area contributed by atoms with Crippen LogP contribution in [0.1, 0.15) is 20.8 Å². The normalized spacial score (nSPS) is 13.2. The first-order chi connectivity index (χ1) is 7.75. The number of nitrogens with one attached hydrogen (secondary N) is 1. The molecule has 1 N–H and O–H groups in total. The van der Waals surface area contributed by atoms with Crippen molar-refractivity contribution in [1.82, 2.24) is 9.97 Å². The topological polar surface area (TPSA) is 28.7 Å². The Hall–Kier alpha value is -0.960. The molecule has 2 nitrogen and oxygen atoms in total. The highest BCUT2D eigenvalue weighted by atomic mass is 32.3. The molecule has 0 fully saturated rings. The van der Waals surface area contributed by atoms with Gasteiger partial charge in [-0.15, -0.1) is 0 Å². The van der Waals surface area contributed by atoms with Crippen LogP contribution in [-0.4, -0.2) is 27.2 Å². The molecule has 88 valence electrons. The predicted molar refractivity (Wildman–Crippen MR) is 73.6 cm³/mol. The lowest BCUT2D eigenvalue weighted by Crippen LogP contribution is -2.09. The monoisotopic (exact) mass is 236 g/mol. The molecule has 0 saturated heterocycles. The molecule has 0 spiro atoms. The highest BCUT2D eigenvalue weighted by Crippen LogP contribution is 2.54. The van der Waals surface area contributed by atoms with E-state index in [-0.39, 0.29) is 0 Å². The number of aromatic nitrogens is 2. The van der Waals surface area contributed by atoms with Gasteiger partial charge in [0.05, 0.1) is 5.03 Å². The molecule has 0 unspecified atom stereocenters. The van der Waals surface area contributed by atoms with E-state index >= 15 is 0 Å². The fraction of sp³-hybridized carbons (Fsp3) is 0.462. The fourth-order valence-electron chi connectivity index (χ4n) is 2.24. The van der Waals surface area contributed by atoms with Crippen LogP contribution in [0.5, 0.6) is 0 Å². The molecule has 2 aromatic rings. The third-order valence-corrected chi connectivity index (χ3v) is 7.96. The quantitative estimate of drug-likeness (QED) is 0.859. The van der Waals surface area contributed by atoms with Gasteiger partial charge in [0.15, 0.2) is 0 Å². The Labute approximate surface area is 98.8 Å². The zero-order valence-corrected chi connectivity index (χ0v) is 11.1. The molecule has 3 heteroatoms. The number of hydrogen-bond acceptors (Lipinski definition) is 1. The summed E-state index contributed by atoms with van der Waals surface area (Å²) in [6.07, 6.45) is 1.85. The summed E-state index contributed by atoms with van der Waals surface area (Å²) in [6, 6.07) is 6.43. The lowest BCUT2D eigenvalue weighted by molar-refractivity contribution is 1.15. The van der Waals surface area contributed by atoms with Gasteiger partial charge in [0, 0.05) is 11.6 Å². The molecule has 0 amide bonds. The Bertz CT molecular complexity index is 430. The molecule has 16 heavy (non-hydrogen) atoms. The van der Waals surface area contributed by atoms with Crippen LogP contribution in [0.4, 0.5) is 0 Å². The van der Waals surface area contributed by atoms with Gasteiger partial charge in [-0.3, -0.25) is 0 Å². The van der Waals surface area contributed by atoms with Crippen LogP contribution in [0.25, 0.3) is 11.0 Å². The average Bonchev–Trinajstić information content (AvgIpc) is 2.76. The predicted octanol–water partition coefficient (Wildman–Crippen LogP) is 3.79. The van der Waals surface area contributed by atoms with Crippen molar-refractivity contribution in [2.24, 2.45) is 0 Å². The van der Waals surface area contributed by atoms with Crippen LogP contribution >= 0.6 is 10.0 Å². The van der Waals surface area contributed by atoms with Crippen LogP contribution in [0, 0.1) is 0 Å². The highest BCUT2D eigenvalue weighted by molar-refractivity contribution is 8.33. The second kappa shape index (κ2) is 4.50. The van der Waals surface area contributed by atoms with Crippen LogP contribution in [0.2, 0.25) is 0 Å². The van der Waals surface area contributed by atoms with Gasteiger partial charge in [-0.25, -0.2) is 15.0 Å². The van der Waals surface area contributed by atoms with Gasteiger partial charge < -0.3 is 4.98 Å². The van der Waals surface area contributed by atoms with E-state index in [1.807, 2.05) is 12.3 Å². The maximum atomic E-state index is 4.38. The fourth-order valence-corrected chi connectivity index (χ4v) is 5.09. The lowest BCUT2D eigenvalue weighted by atomic mass is 10.3. The molecule has 0 radical (unpaired) electrons. The molecule has 2 rings (SSSR count). The largest absolute Gasteiger partial charge is 0.336 e. The lowest BCUT2D eigenvalue weighted by Gasteiger charge is -2.36. The molecule has 2 aromatic heterocycles. The third-order valence-electron chi connectivity index (χ3n) is 3.49. The summed E-state index contributed by atoms with van der Waals surface area (Å²) in [5.41, 5.74) is 1.03. The van der Waals surface area contributed by atoms with E-state index < -0.39 is 10.0 Å². The highest BCUT2D eigenvalue weighted by Gasteiger charge is 2.22. The standard InChI is InChI=1S/C13H20N2S/c1-4-16(5-2,6-3)12-10-11-8-7-9-14-13(11)15-12/h7-10H,4-6H2,1-3H3,(H,14,15). The smallest absolute Gasteiger partial charge is 0.138 e. The minimum absolute atomic E-state index is 0.646. The molecule has 0 aliphatic heterocycles. The Morgan fingerprint density at radius 3 is 2.44 bits per heavy atom. The number of pyridine rings is 1. The van der Waals surface area contributed by atoms with E-state index in [2.05, 4.69) is 42.9 Å². The molecular weight excluding hydrogens is 216 g/mol. The molecular formula is C13H20N2S. The summed E-state index contributed by atoms with van der Waals surface area (Å²) in [6.45, 7) is 6.92. The summed E-state index contributed by atoms with van der Waals surface area (Å²) in [4.78, 5) is 7.89. The SMILES string of the molecule is CCS(CC)(CC)c1cc2cccnc2[nH]1. The van der Waals surface area contributed by atoms with E-state index in [4.69, 9.17) is 0 Å². The number of hydrogen-bond donors (Lipinski definition) is 1. The number of fused-ring (bicyclic) bond motifs is 1. The van der Waals surface area contributed by atoms with Crippen molar-refractivity contribution in [3.8, 4) is 0 Å². The number of nitrogens with zero attached hydrogens (tertiary/aromatic N) is 1. The van der Waals surface area contributed by atoms with Gasteiger partial charge in [-0.05, 0) is 35.5 Å². The third kappa shape index (κ3) is 1.73. The van der Waals surface area contributed by atoms with Crippen molar-refractivity contribution in [2.75, 3.05) is 17.3 Å². The van der Waals surface area contributed by atoms with E-state index in [0.29, 0.717) is 0 Å². The number of aromatic amines is 1. The Kier molecular flexibility index (Phi) is 3.24. The Morgan fingerprint density at radius 2 is 1.88 bits per heavy atom. The van der Waals surface area contributed by atoms with Gasteiger partial charge in [-0.1, -0.05) is 20.8 Å². The van der Waals surface area contributed by atoms with Crippen LogP contribution in [0.3, 0.4) is 0 Å². The van der Waals surface area contributed by atoms with Gasteiger partial charge in [0.25, 0.3) is 0 Å². The molecule has 0 bridgehead atoms. The van der Waals surface area contributed by atoms with Crippen molar-refractivity contribution in [3.05, 3.63) is 24.4 Å². The maximum Gasteiger partial charge on any atom is 0.138 e. The molecule has 0 atom stereocenters. The Balaban J connectivity index is 2.53. The van der Waals surface area contributed by atoms with E-state index in [1.165, 1.54) is 27.7 Å². The zero-order chi connectivity index (χ0) is 11.6. The van der Waals surface area contributed by atoms with Crippen molar-refractivity contribution < 1.29 is 0 Å². The molecule has 2 heterocycles. The number of H-pyrrole nitrogens is 1. The Morgan fingerprint density at radius 1 is 1.19 bits per heavy atom. The molecule has 0 aliphatic rings. The summed E-state index contributed by atoms with van der Waals surface area (Å²) >= 11 is 0. The minimum Gasteiger partial charge on any atom is -0.336 e. The summed E-state index contributed by atoms with van der Waals surface area (Å²) in [5, 5.41) is 2.67. The average molecular weight is 236 g/mol. The summed E-state index contributed by atoms with van der Waals surface area (Å²) in [7, 11) is -0.646. The van der Waals surface area contributed by atoms with Gasteiger partial charge in [0.2, 0.25) is 0 Å². The van der Waals surface area contributed by atoms with E-state index in [9.17, 15) is 0 Å². The summed E-state index contributed by atoms with van der Waals surface area (Å²) < 4.78 is 0. The second-order valence-corrected chi connectivity index (χ2v) is 8.25. The first kappa shape index (κ1) is 11.5. The van der Waals surface area contributed by atoms with Crippen LogP contribution in [-0.2, 0) is 0 Å². The van der Waals surface area contributed by atoms with Crippen molar-refractivity contribution in [2.45, 2.75) is 25.8 Å². The molecule has 0 saturated carbocycles.